The van der Waals surface area contributed by atoms with E-state index in [4.69, 9.17) is 5.11 Å². The fourth-order valence-corrected chi connectivity index (χ4v) is 2.46. The maximum Gasteiger partial charge on any atom is 0.347 e. The van der Waals surface area contributed by atoms with Crippen molar-refractivity contribution in [3.63, 3.8) is 0 Å². The highest BCUT2D eigenvalue weighted by atomic mass is 16.3. The van der Waals surface area contributed by atoms with Gasteiger partial charge in [0.05, 0.1) is 0 Å². The molecule has 1 N–H and O–H groups in total. The van der Waals surface area contributed by atoms with Crippen LogP contribution in [0.4, 0.5) is 0 Å². The number of carbonyl (C=O) groups excluding carboxylic acids is 1. The average molecular weight is 265 g/mol. The Morgan fingerprint density at radius 1 is 1.53 bits per heavy atom. The van der Waals surface area contributed by atoms with Gasteiger partial charge in [-0.05, 0) is 31.2 Å². The Morgan fingerprint density at radius 2 is 2.37 bits per heavy atom. The van der Waals surface area contributed by atoms with Gasteiger partial charge in [-0.25, -0.2) is 9.78 Å². The van der Waals surface area contributed by atoms with Crippen molar-refractivity contribution >= 4 is 5.91 Å². The van der Waals surface area contributed by atoms with Crippen LogP contribution in [-0.2, 0) is 11.3 Å². The van der Waals surface area contributed by atoms with E-state index in [9.17, 15) is 9.59 Å². The molecule has 1 aromatic rings. The minimum atomic E-state index is -0.403. The second-order valence-electron chi connectivity index (χ2n) is 4.89. The van der Waals surface area contributed by atoms with E-state index in [-0.39, 0.29) is 19.1 Å². The number of hydrogen-bond donors (Lipinski definition) is 1. The number of hydrogen-bond acceptors (Lipinski definition) is 4. The first-order valence-corrected chi connectivity index (χ1v) is 6.61. The summed E-state index contributed by atoms with van der Waals surface area (Å²) < 4.78 is 1.32. The predicted molar refractivity (Wildman–Crippen MR) is 69.5 cm³/mol. The Morgan fingerprint density at radius 3 is 3.11 bits per heavy atom. The molecule has 0 spiro atoms. The number of piperidine rings is 1. The number of likely N-dealkylation sites (tertiary alicyclic amines) is 1. The van der Waals surface area contributed by atoms with Gasteiger partial charge in [-0.1, -0.05) is 0 Å². The number of aromatic nitrogens is 2. The summed E-state index contributed by atoms with van der Waals surface area (Å²) >= 11 is 0. The Kier molecular flexibility index (Phi) is 4.68. The molecular weight excluding hydrogens is 246 g/mol. The Bertz CT molecular complexity index is 484. The zero-order valence-electron chi connectivity index (χ0n) is 10.9. The van der Waals surface area contributed by atoms with Gasteiger partial charge in [0, 0.05) is 32.1 Å². The molecule has 0 aliphatic carbocycles. The van der Waals surface area contributed by atoms with Crippen molar-refractivity contribution in [1.82, 2.24) is 14.5 Å². The molecule has 104 valence electrons. The van der Waals surface area contributed by atoms with Crippen molar-refractivity contribution in [2.24, 2.45) is 5.92 Å². The van der Waals surface area contributed by atoms with Crippen LogP contribution in [-0.4, -0.2) is 45.2 Å². The monoisotopic (exact) mass is 265 g/mol. The summed E-state index contributed by atoms with van der Waals surface area (Å²) in [5.74, 6) is 0.311. The molecule has 0 saturated carbocycles. The van der Waals surface area contributed by atoms with E-state index in [1.54, 1.807) is 17.2 Å². The lowest BCUT2D eigenvalue weighted by atomic mass is 9.95. The summed E-state index contributed by atoms with van der Waals surface area (Å²) in [4.78, 5) is 29.0. The molecule has 1 fully saturated rings. The van der Waals surface area contributed by atoms with Crippen LogP contribution in [0, 0.1) is 5.92 Å². The molecule has 1 atom stereocenters. The van der Waals surface area contributed by atoms with Gasteiger partial charge in [-0.3, -0.25) is 9.36 Å². The predicted octanol–water partition coefficient (Wildman–Crippen LogP) is -0.136. The van der Waals surface area contributed by atoms with Crippen LogP contribution in [0.25, 0.3) is 0 Å². The lowest BCUT2D eigenvalue weighted by Gasteiger charge is -2.32. The quantitative estimate of drug-likeness (QED) is 0.822. The zero-order chi connectivity index (χ0) is 13.7. The van der Waals surface area contributed by atoms with E-state index < -0.39 is 5.69 Å². The van der Waals surface area contributed by atoms with Gasteiger partial charge in [0.1, 0.15) is 6.54 Å². The highest BCUT2D eigenvalue weighted by Crippen LogP contribution is 2.19. The van der Waals surface area contributed by atoms with E-state index in [1.165, 1.54) is 10.8 Å². The molecule has 19 heavy (non-hydrogen) atoms. The van der Waals surface area contributed by atoms with Crippen LogP contribution in [0.15, 0.2) is 23.3 Å². The van der Waals surface area contributed by atoms with E-state index in [1.807, 2.05) is 0 Å². The maximum atomic E-state index is 12.1. The Hall–Kier alpha value is -1.69. The third-order valence-electron chi connectivity index (χ3n) is 3.50. The van der Waals surface area contributed by atoms with Crippen LogP contribution in [0.5, 0.6) is 0 Å². The molecule has 2 rings (SSSR count). The number of aliphatic hydroxyl groups is 1. The smallest absolute Gasteiger partial charge is 0.347 e. The van der Waals surface area contributed by atoms with Gasteiger partial charge in [-0.15, -0.1) is 0 Å². The molecule has 0 aromatic carbocycles. The van der Waals surface area contributed by atoms with Gasteiger partial charge in [0.15, 0.2) is 0 Å². The first-order chi connectivity index (χ1) is 9.20. The standard InChI is InChI=1S/C13H19N3O3/c17-8-4-11-3-1-6-15(9-11)12(18)10-16-7-2-5-14-13(16)19/h2,5,7,11,17H,1,3-4,6,8-10H2. The van der Waals surface area contributed by atoms with Crippen LogP contribution in [0.3, 0.4) is 0 Å². The van der Waals surface area contributed by atoms with Crippen molar-refractivity contribution < 1.29 is 9.90 Å². The van der Waals surface area contributed by atoms with Crippen LogP contribution >= 0.6 is 0 Å². The fourth-order valence-electron chi connectivity index (χ4n) is 2.46. The van der Waals surface area contributed by atoms with Crippen molar-refractivity contribution in [3.8, 4) is 0 Å². The van der Waals surface area contributed by atoms with Gasteiger partial charge < -0.3 is 10.0 Å². The maximum absolute atomic E-state index is 12.1. The highest BCUT2D eigenvalue weighted by Gasteiger charge is 2.23. The van der Waals surface area contributed by atoms with E-state index >= 15 is 0 Å². The lowest BCUT2D eigenvalue weighted by molar-refractivity contribution is -0.133. The van der Waals surface area contributed by atoms with Gasteiger partial charge in [0.25, 0.3) is 0 Å². The van der Waals surface area contributed by atoms with Crippen molar-refractivity contribution in [2.75, 3.05) is 19.7 Å². The van der Waals surface area contributed by atoms with Crippen molar-refractivity contribution in [2.45, 2.75) is 25.8 Å². The first kappa shape index (κ1) is 13.7. The van der Waals surface area contributed by atoms with Gasteiger partial charge in [0.2, 0.25) is 5.91 Å². The van der Waals surface area contributed by atoms with Crippen molar-refractivity contribution in [1.29, 1.82) is 0 Å². The van der Waals surface area contributed by atoms with E-state index in [0.717, 1.165) is 25.8 Å². The summed E-state index contributed by atoms with van der Waals surface area (Å²) in [7, 11) is 0. The topological polar surface area (TPSA) is 75.4 Å². The SMILES string of the molecule is O=C(Cn1cccnc1=O)N1CCCC(CCO)C1. The molecule has 1 aromatic heterocycles. The van der Waals surface area contributed by atoms with Gasteiger partial charge in [-0.2, -0.15) is 0 Å². The highest BCUT2D eigenvalue weighted by molar-refractivity contribution is 5.76. The van der Waals surface area contributed by atoms with Crippen LogP contribution < -0.4 is 5.69 Å². The third kappa shape index (κ3) is 3.64. The molecule has 1 aliphatic heterocycles. The molecule has 1 unspecified atom stereocenters. The number of rotatable bonds is 4. The number of amides is 1. The van der Waals surface area contributed by atoms with Crippen LogP contribution in [0.1, 0.15) is 19.3 Å². The molecule has 1 aliphatic rings. The summed E-state index contributed by atoms with van der Waals surface area (Å²) in [5, 5.41) is 8.96. The average Bonchev–Trinajstić information content (AvgIpc) is 2.42. The molecule has 6 nitrogen and oxygen atoms in total. The second kappa shape index (κ2) is 6.47. The molecule has 0 bridgehead atoms. The molecular formula is C13H19N3O3. The molecule has 0 radical (unpaired) electrons. The molecule has 1 saturated heterocycles. The van der Waals surface area contributed by atoms with E-state index in [2.05, 4.69) is 4.98 Å². The number of nitrogens with zero attached hydrogens (tertiary/aromatic N) is 3. The fraction of sp³-hybridized carbons (Fsp3) is 0.615. The lowest BCUT2D eigenvalue weighted by Crippen LogP contribution is -2.43. The summed E-state index contributed by atoms with van der Waals surface area (Å²) in [6, 6.07) is 1.64. The Labute approximate surface area is 111 Å². The first-order valence-electron chi connectivity index (χ1n) is 6.61. The van der Waals surface area contributed by atoms with Gasteiger partial charge >= 0.3 is 5.69 Å². The summed E-state index contributed by atoms with van der Waals surface area (Å²) in [5.41, 5.74) is -0.403. The largest absolute Gasteiger partial charge is 0.396 e. The minimum Gasteiger partial charge on any atom is -0.396 e. The molecule has 6 heteroatoms. The van der Waals surface area contributed by atoms with Crippen LogP contribution in [0.2, 0.25) is 0 Å². The zero-order valence-corrected chi connectivity index (χ0v) is 10.9. The van der Waals surface area contributed by atoms with Crippen molar-refractivity contribution in [3.05, 3.63) is 28.9 Å². The Balaban J connectivity index is 1.96. The summed E-state index contributed by atoms with van der Waals surface area (Å²) in [6.45, 7) is 1.61. The molecule has 1 amide bonds. The third-order valence-corrected chi connectivity index (χ3v) is 3.50. The number of carbonyl (C=O) groups is 1. The number of aliphatic hydroxyl groups excluding tert-OH is 1. The van der Waals surface area contributed by atoms with E-state index in [0.29, 0.717) is 12.5 Å². The normalized spacial score (nSPS) is 19.4. The summed E-state index contributed by atoms with van der Waals surface area (Å²) in [6.07, 6.45) is 5.73. The molecule has 2 heterocycles. The minimum absolute atomic E-state index is 0.0402. The second-order valence-corrected chi connectivity index (χ2v) is 4.89.